The first-order valence-electron chi connectivity index (χ1n) is 9.35. The Bertz CT molecular complexity index is 1450. The van der Waals surface area contributed by atoms with E-state index in [9.17, 15) is 12.8 Å². The minimum absolute atomic E-state index is 0.0293. The Kier molecular flexibility index (Phi) is 6.04. The van der Waals surface area contributed by atoms with Crippen LogP contribution in [-0.2, 0) is 10.0 Å². The molecule has 0 amide bonds. The Labute approximate surface area is 191 Å². The summed E-state index contributed by atoms with van der Waals surface area (Å²) in [6.07, 6.45) is 2.97. The number of H-pyrrole nitrogens is 1. The van der Waals surface area contributed by atoms with Gasteiger partial charge < -0.3 is 9.47 Å². The fourth-order valence-corrected chi connectivity index (χ4v) is 4.55. The second-order valence-electron chi connectivity index (χ2n) is 6.83. The largest absolute Gasteiger partial charge is 0.484 e. The molecule has 13 heteroatoms. The zero-order chi connectivity index (χ0) is 23.8. The number of nitrogens with zero attached hydrogens (tertiary/aromatic N) is 3. The number of aromatic nitrogens is 4. The molecule has 0 radical (unpaired) electrons. The number of aromatic amines is 1. The number of benzene rings is 1. The van der Waals surface area contributed by atoms with Gasteiger partial charge in [-0.2, -0.15) is 5.10 Å². The van der Waals surface area contributed by atoms with E-state index < -0.39 is 43.9 Å². The summed E-state index contributed by atoms with van der Waals surface area (Å²) in [6, 6.07) is 4.59. The Morgan fingerprint density at radius 1 is 1.15 bits per heavy atom. The molecular formula is C20H16ClF2N5O4S. The number of rotatable bonds is 7. The lowest BCUT2D eigenvalue weighted by atomic mass is 10.1. The van der Waals surface area contributed by atoms with Gasteiger partial charge in [-0.3, -0.25) is 9.82 Å². The van der Waals surface area contributed by atoms with Gasteiger partial charge in [-0.1, -0.05) is 11.6 Å². The van der Waals surface area contributed by atoms with Gasteiger partial charge in [-0.25, -0.2) is 27.2 Å². The maximum atomic E-state index is 15.2. The third kappa shape index (κ3) is 4.52. The molecule has 0 fully saturated rings. The van der Waals surface area contributed by atoms with Crippen molar-refractivity contribution in [2.45, 2.75) is 17.9 Å². The van der Waals surface area contributed by atoms with Crippen LogP contribution in [0.15, 0.2) is 47.8 Å². The van der Waals surface area contributed by atoms with E-state index in [0.717, 1.165) is 18.2 Å². The summed E-state index contributed by atoms with van der Waals surface area (Å²) in [6.45, 7) is 1.42. The molecule has 1 atom stereocenters. The van der Waals surface area contributed by atoms with E-state index in [1.54, 1.807) is 6.07 Å². The lowest BCUT2D eigenvalue weighted by molar-refractivity contribution is 0.215. The molecule has 1 unspecified atom stereocenters. The van der Waals surface area contributed by atoms with Crippen LogP contribution >= 0.6 is 11.6 Å². The Morgan fingerprint density at radius 2 is 1.94 bits per heavy atom. The molecule has 3 heterocycles. The Balaban J connectivity index is 1.65. The summed E-state index contributed by atoms with van der Waals surface area (Å²) < 4.78 is 68.2. The van der Waals surface area contributed by atoms with E-state index in [1.165, 1.54) is 32.6 Å². The van der Waals surface area contributed by atoms with Gasteiger partial charge in [-0.05, 0) is 31.2 Å². The van der Waals surface area contributed by atoms with Crippen LogP contribution in [0.3, 0.4) is 0 Å². The highest BCUT2D eigenvalue weighted by Gasteiger charge is 2.26. The van der Waals surface area contributed by atoms with E-state index in [2.05, 4.69) is 24.9 Å². The van der Waals surface area contributed by atoms with E-state index in [-0.39, 0.29) is 16.7 Å². The molecule has 4 rings (SSSR count). The predicted octanol–water partition coefficient (Wildman–Crippen LogP) is 4.23. The summed E-state index contributed by atoms with van der Waals surface area (Å²) in [5.41, 5.74) is -0.444. The lowest BCUT2D eigenvalue weighted by Gasteiger charge is -2.18. The first-order chi connectivity index (χ1) is 15.7. The van der Waals surface area contributed by atoms with Gasteiger partial charge in [0.05, 0.1) is 35.8 Å². The van der Waals surface area contributed by atoms with E-state index in [1.807, 2.05) is 0 Å². The maximum absolute atomic E-state index is 15.2. The van der Waals surface area contributed by atoms with Crippen LogP contribution in [0.1, 0.15) is 18.6 Å². The molecule has 0 bridgehead atoms. The fourth-order valence-electron chi connectivity index (χ4n) is 3.12. The predicted molar refractivity (Wildman–Crippen MR) is 116 cm³/mol. The van der Waals surface area contributed by atoms with Crippen LogP contribution in [0, 0.1) is 11.6 Å². The Morgan fingerprint density at radius 3 is 2.70 bits per heavy atom. The molecule has 33 heavy (non-hydrogen) atoms. The van der Waals surface area contributed by atoms with Crippen molar-refractivity contribution in [3.05, 3.63) is 65.1 Å². The molecule has 172 valence electrons. The van der Waals surface area contributed by atoms with E-state index in [0.29, 0.717) is 11.0 Å². The van der Waals surface area contributed by atoms with Crippen LogP contribution in [0.5, 0.6) is 11.6 Å². The number of pyridine rings is 2. The van der Waals surface area contributed by atoms with Gasteiger partial charge in [0, 0.05) is 11.6 Å². The summed E-state index contributed by atoms with van der Waals surface area (Å²) in [4.78, 5) is 7.49. The molecule has 2 N–H and O–H groups in total. The zero-order valence-electron chi connectivity index (χ0n) is 17.1. The summed E-state index contributed by atoms with van der Waals surface area (Å²) in [5, 5.41) is 7.20. The number of sulfonamides is 1. The summed E-state index contributed by atoms with van der Waals surface area (Å²) in [5.74, 6) is -2.05. The van der Waals surface area contributed by atoms with Crippen molar-refractivity contribution in [1.82, 2.24) is 20.2 Å². The summed E-state index contributed by atoms with van der Waals surface area (Å²) in [7, 11) is -3.16. The van der Waals surface area contributed by atoms with Crippen molar-refractivity contribution in [3.63, 3.8) is 0 Å². The van der Waals surface area contributed by atoms with Gasteiger partial charge in [0.15, 0.2) is 16.4 Å². The normalized spacial score (nSPS) is 12.5. The maximum Gasteiger partial charge on any atom is 0.267 e. The lowest BCUT2D eigenvalue weighted by Crippen LogP contribution is -2.17. The molecule has 4 aromatic rings. The minimum Gasteiger partial charge on any atom is -0.484 e. The summed E-state index contributed by atoms with van der Waals surface area (Å²) >= 11 is 5.85. The van der Waals surface area contributed by atoms with Crippen LogP contribution < -0.4 is 14.2 Å². The van der Waals surface area contributed by atoms with Crippen molar-refractivity contribution >= 4 is 38.3 Å². The molecule has 0 saturated heterocycles. The second kappa shape index (κ2) is 8.79. The van der Waals surface area contributed by atoms with Gasteiger partial charge in [0.2, 0.25) is 5.88 Å². The average Bonchev–Trinajstić information content (AvgIpc) is 3.23. The van der Waals surface area contributed by atoms with Crippen molar-refractivity contribution in [2.24, 2.45) is 0 Å². The fraction of sp³-hybridized carbons (Fsp3) is 0.150. The minimum atomic E-state index is -4.38. The number of methoxy groups -OCH3 is 1. The number of anilines is 1. The molecule has 0 spiro atoms. The first kappa shape index (κ1) is 22.7. The quantitative estimate of drug-likeness (QED) is 0.393. The number of halogens is 3. The number of hydrogen-bond acceptors (Lipinski definition) is 7. The van der Waals surface area contributed by atoms with Crippen molar-refractivity contribution in [3.8, 4) is 11.6 Å². The number of nitrogens with one attached hydrogen (secondary N) is 2. The third-order valence-electron chi connectivity index (χ3n) is 4.62. The number of fused-ring (bicyclic) bond motifs is 1. The smallest absolute Gasteiger partial charge is 0.267 e. The number of ether oxygens (including phenoxy) is 2. The molecule has 1 aromatic carbocycles. The van der Waals surface area contributed by atoms with E-state index >= 15 is 4.39 Å². The van der Waals surface area contributed by atoms with E-state index in [4.69, 9.17) is 21.1 Å². The highest BCUT2D eigenvalue weighted by atomic mass is 35.5. The standard InChI is InChI=1S/C20H16ClF2N5O4S/c1-10(32-13-5-11-7-26-27-19(11)24-9-13)17-14(22)3-4-15(18(17)23)28-33(29,30)16-6-12(21)8-25-20(16)31-2/h3-10,28H,1-2H3,(H,24,26,27). The molecule has 0 aliphatic heterocycles. The molecule has 0 aliphatic rings. The SMILES string of the molecule is COc1ncc(Cl)cc1S(=O)(=O)Nc1ccc(F)c(C(C)Oc2cnc3[nH]ncc3c2)c1F. The molecule has 0 aliphatic carbocycles. The topological polar surface area (TPSA) is 119 Å². The van der Waals surface area contributed by atoms with Gasteiger partial charge >= 0.3 is 0 Å². The second-order valence-corrected chi connectivity index (χ2v) is 8.92. The zero-order valence-corrected chi connectivity index (χ0v) is 18.7. The Hall–Kier alpha value is -3.51. The first-order valence-corrected chi connectivity index (χ1v) is 11.2. The van der Waals surface area contributed by atoms with Crippen molar-refractivity contribution in [1.29, 1.82) is 0 Å². The van der Waals surface area contributed by atoms with Crippen LogP contribution in [0.25, 0.3) is 11.0 Å². The van der Waals surface area contributed by atoms with Gasteiger partial charge in [0.1, 0.15) is 17.7 Å². The molecule has 0 saturated carbocycles. The van der Waals surface area contributed by atoms with Crippen LogP contribution in [0.2, 0.25) is 5.02 Å². The number of hydrogen-bond donors (Lipinski definition) is 2. The van der Waals surface area contributed by atoms with Gasteiger partial charge in [-0.15, -0.1) is 0 Å². The third-order valence-corrected chi connectivity index (χ3v) is 6.19. The monoisotopic (exact) mass is 495 g/mol. The van der Waals surface area contributed by atoms with Gasteiger partial charge in [0.25, 0.3) is 10.0 Å². The van der Waals surface area contributed by atoms with Crippen molar-refractivity contribution in [2.75, 3.05) is 11.8 Å². The highest BCUT2D eigenvalue weighted by Crippen LogP contribution is 2.32. The molecule has 3 aromatic heterocycles. The van der Waals surface area contributed by atoms with Crippen LogP contribution in [0.4, 0.5) is 14.5 Å². The van der Waals surface area contributed by atoms with Crippen molar-refractivity contribution < 1.29 is 26.7 Å². The van der Waals surface area contributed by atoms with Crippen LogP contribution in [-0.4, -0.2) is 35.7 Å². The average molecular weight is 496 g/mol. The molecule has 9 nitrogen and oxygen atoms in total. The molecular weight excluding hydrogens is 480 g/mol. The highest BCUT2D eigenvalue weighted by molar-refractivity contribution is 7.92.